The fourth-order valence-corrected chi connectivity index (χ4v) is 3.56. The first-order chi connectivity index (χ1) is 12.2. The molecule has 0 atom stereocenters. The molecule has 0 spiro atoms. The Morgan fingerprint density at radius 2 is 2.24 bits per heavy atom. The molecule has 1 aromatic carbocycles. The first-order valence-corrected chi connectivity index (χ1v) is 8.63. The van der Waals surface area contributed by atoms with Crippen molar-refractivity contribution in [1.29, 1.82) is 0 Å². The molecule has 0 radical (unpaired) electrons. The molecule has 0 N–H and O–H groups in total. The number of imidazole rings is 1. The van der Waals surface area contributed by atoms with Crippen LogP contribution in [-0.4, -0.2) is 39.3 Å². The number of pyridine rings is 1. The molecule has 6 nitrogen and oxygen atoms in total. The third-order valence-corrected chi connectivity index (χ3v) is 4.88. The molecule has 0 unspecified atom stereocenters. The van der Waals surface area contributed by atoms with Gasteiger partial charge in [0.15, 0.2) is 4.96 Å². The molecule has 7 heteroatoms. The molecule has 4 rings (SSSR count). The number of amides is 1. The van der Waals surface area contributed by atoms with Gasteiger partial charge in [-0.15, -0.1) is 11.3 Å². The molecule has 0 saturated heterocycles. The van der Waals surface area contributed by atoms with Crippen molar-refractivity contribution in [2.45, 2.75) is 6.54 Å². The Morgan fingerprint density at radius 3 is 3.04 bits per heavy atom. The summed E-state index contributed by atoms with van der Waals surface area (Å²) in [5.41, 5.74) is 2.26. The Hall–Kier alpha value is -2.93. The Bertz CT molecular complexity index is 1040. The number of aromatic nitrogens is 3. The van der Waals surface area contributed by atoms with E-state index in [-0.39, 0.29) is 5.91 Å². The summed E-state index contributed by atoms with van der Waals surface area (Å²) in [7, 11) is 3.41. The summed E-state index contributed by atoms with van der Waals surface area (Å²) in [4.78, 5) is 24.0. The molecule has 0 aliphatic rings. The molecule has 0 aliphatic heterocycles. The van der Waals surface area contributed by atoms with Crippen molar-refractivity contribution in [2.75, 3.05) is 14.2 Å². The van der Waals surface area contributed by atoms with Gasteiger partial charge >= 0.3 is 0 Å². The molecule has 0 fully saturated rings. The summed E-state index contributed by atoms with van der Waals surface area (Å²) in [6.45, 7) is 0.468. The second-order valence-corrected chi connectivity index (χ2v) is 6.58. The highest BCUT2D eigenvalue weighted by Gasteiger charge is 2.18. The third kappa shape index (κ3) is 2.72. The normalized spacial score (nSPS) is 11.1. The SMILES string of the molecule is COc1ccc(CN(C)C(=O)c2cn3ccsc3n2)c2cccnc12. The van der Waals surface area contributed by atoms with Crippen LogP contribution in [0.25, 0.3) is 15.9 Å². The number of hydrogen-bond donors (Lipinski definition) is 0. The lowest BCUT2D eigenvalue weighted by molar-refractivity contribution is 0.0780. The number of ether oxygens (including phenoxy) is 1. The summed E-state index contributed by atoms with van der Waals surface area (Å²) in [6.07, 6.45) is 5.39. The van der Waals surface area contributed by atoms with Crippen molar-refractivity contribution in [3.8, 4) is 5.75 Å². The number of thiazole rings is 1. The van der Waals surface area contributed by atoms with Crippen molar-refractivity contribution >= 4 is 33.1 Å². The van der Waals surface area contributed by atoms with Gasteiger partial charge in [0.1, 0.15) is 17.0 Å². The number of carbonyl (C=O) groups is 1. The number of carbonyl (C=O) groups excluding carboxylic acids is 1. The van der Waals surface area contributed by atoms with E-state index in [1.807, 2.05) is 40.2 Å². The largest absolute Gasteiger partial charge is 0.494 e. The summed E-state index contributed by atoms with van der Waals surface area (Å²) in [6, 6.07) is 7.73. The standard InChI is InChI=1S/C18H16N4O2S/c1-21(17(23)14-11-22-8-9-25-18(22)20-14)10-12-5-6-15(24-2)16-13(12)4-3-7-19-16/h3-9,11H,10H2,1-2H3. The quantitative estimate of drug-likeness (QED) is 0.566. The summed E-state index contributed by atoms with van der Waals surface area (Å²) in [5, 5.41) is 2.92. The molecule has 4 aromatic rings. The van der Waals surface area contributed by atoms with Crippen LogP contribution in [0, 0.1) is 0 Å². The highest BCUT2D eigenvalue weighted by molar-refractivity contribution is 7.15. The van der Waals surface area contributed by atoms with Crippen LogP contribution in [0.1, 0.15) is 16.1 Å². The Labute approximate surface area is 148 Å². The molecule has 0 bridgehead atoms. The highest BCUT2D eigenvalue weighted by atomic mass is 32.1. The van der Waals surface area contributed by atoms with Crippen LogP contribution in [-0.2, 0) is 6.54 Å². The Balaban J connectivity index is 1.64. The van der Waals surface area contributed by atoms with Crippen LogP contribution >= 0.6 is 11.3 Å². The molecule has 3 heterocycles. The molecular formula is C18H16N4O2S. The van der Waals surface area contributed by atoms with Gasteiger partial charge in [-0.3, -0.25) is 14.2 Å². The van der Waals surface area contributed by atoms with E-state index < -0.39 is 0 Å². The minimum absolute atomic E-state index is 0.108. The predicted octanol–water partition coefficient (Wildman–Crippen LogP) is 3.22. The number of methoxy groups -OCH3 is 1. The molecule has 25 heavy (non-hydrogen) atoms. The average molecular weight is 352 g/mol. The van der Waals surface area contributed by atoms with Crippen LogP contribution < -0.4 is 4.74 Å². The van der Waals surface area contributed by atoms with Crippen molar-refractivity contribution in [3.63, 3.8) is 0 Å². The van der Waals surface area contributed by atoms with Gasteiger partial charge in [0.05, 0.1) is 7.11 Å². The average Bonchev–Trinajstić information content (AvgIpc) is 3.23. The van der Waals surface area contributed by atoms with Gasteiger partial charge < -0.3 is 9.64 Å². The topological polar surface area (TPSA) is 59.7 Å². The second-order valence-electron chi connectivity index (χ2n) is 5.71. The molecule has 0 aliphatic carbocycles. The second kappa shape index (κ2) is 6.18. The third-order valence-electron chi connectivity index (χ3n) is 4.11. The summed E-state index contributed by atoms with van der Waals surface area (Å²) >= 11 is 1.51. The predicted molar refractivity (Wildman–Crippen MR) is 97.2 cm³/mol. The van der Waals surface area contributed by atoms with E-state index in [0.717, 1.165) is 27.2 Å². The minimum Gasteiger partial charge on any atom is -0.494 e. The Kier molecular flexibility index (Phi) is 3.85. The van der Waals surface area contributed by atoms with Crippen molar-refractivity contribution in [1.82, 2.24) is 19.3 Å². The van der Waals surface area contributed by atoms with E-state index in [1.165, 1.54) is 11.3 Å². The molecule has 3 aromatic heterocycles. The van der Waals surface area contributed by atoms with Gasteiger partial charge in [-0.05, 0) is 17.7 Å². The molecule has 1 amide bonds. The van der Waals surface area contributed by atoms with Crippen molar-refractivity contribution < 1.29 is 9.53 Å². The highest BCUT2D eigenvalue weighted by Crippen LogP contribution is 2.27. The van der Waals surface area contributed by atoms with E-state index in [2.05, 4.69) is 9.97 Å². The molecular weight excluding hydrogens is 336 g/mol. The lowest BCUT2D eigenvalue weighted by atomic mass is 10.1. The van der Waals surface area contributed by atoms with Gasteiger partial charge in [0.2, 0.25) is 0 Å². The first kappa shape index (κ1) is 15.6. The Morgan fingerprint density at radius 1 is 1.36 bits per heavy atom. The molecule has 126 valence electrons. The number of nitrogens with zero attached hydrogens (tertiary/aromatic N) is 4. The number of benzene rings is 1. The van der Waals surface area contributed by atoms with Crippen LogP contribution in [0.4, 0.5) is 0 Å². The van der Waals surface area contributed by atoms with E-state index in [1.54, 1.807) is 31.5 Å². The van der Waals surface area contributed by atoms with Gasteiger partial charge in [-0.1, -0.05) is 12.1 Å². The van der Waals surface area contributed by atoms with Crippen LogP contribution in [0.5, 0.6) is 5.75 Å². The zero-order chi connectivity index (χ0) is 17.4. The zero-order valence-electron chi connectivity index (χ0n) is 13.8. The number of rotatable bonds is 4. The van der Waals surface area contributed by atoms with E-state index in [0.29, 0.717) is 12.2 Å². The first-order valence-electron chi connectivity index (χ1n) is 7.75. The van der Waals surface area contributed by atoms with Gasteiger partial charge in [0, 0.05) is 42.9 Å². The summed E-state index contributed by atoms with van der Waals surface area (Å²) < 4.78 is 7.23. The van der Waals surface area contributed by atoms with E-state index >= 15 is 0 Å². The lowest BCUT2D eigenvalue weighted by Crippen LogP contribution is -2.26. The van der Waals surface area contributed by atoms with E-state index in [4.69, 9.17) is 4.74 Å². The fourth-order valence-electron chi connectivity index (χ4n) is 2.86. The molecule has 0 saturated carbocycles. The van der Waals surface area contributed by atoms with Crippen LogP contribution in [0.2, 0.25) is 0 Å². The van der Waals surface area contributed by atoms with Gasteiger partial charge in [-0.2, -0.15) is 0 Å². The monoisotopic (exact) mass is 352 g/mol. The minimum atomic E-state index is -0.108. The van der Waals surface area contributed by atoms with E-state index in [9.17, 15) is 4.79 Å². The number of hydrogen-bond acceptors (Lipinski definition) is 5. The van der Waals surface area contributed by atoms with Crippen LogP contribution in [0.3, 0.4) is 0 Å². The van der Waals surface area contributed by atoms with Crippen molar-refractivity contribution in [3.05, 3.63) is 59.5 Å². The maximum absolute atomic E-state index is 12.7. The fraction of sp³-hybridized carbons (Fsp3) is 0.167. The maximum Gasteiger partial charge on any atom is 0.274 e. The van der Waals surface area contributed by atoms with Crippen molar-refractivity contribution in [2.24, 2.45) is 0 Å². The lowest BCUT2D eigenvalue weighted by Gasteiger charge is -2.18. The van der Waals surface area contributed by atoms with Gasteiger partial charge in [0.25, 0.3) is 5.91 Å². The number of fused-ring (bicyclic) bond motifs is 2. The van der Waals surface area contributed by atoms with Crippen LogP contribution in [0.15, 0.2) is 48.2 Å². The van der Waals surface area contributed by atoms with Gasteiger partial charge in [-0.25, -0.2) is 4.98 Å². The smallest absolute Gasteiger partial charge is 0.274 e. The zero-order valence-corrected chi connectivity index (χ0v) is 14.7. The summed E-state index contributed by atoms with van der Waals surface area (Å²) in [5.74, 6) is 0.617. The maximum atomic E-state index is 12.7.